The summed E-state index contributed by atoms with van der Waals surface area (Å²) < 4.78 is 0. The van der Waals surface area contributed by atoms with Crippen molar-refractivity contribution < 1.29 is 4.79 Å². The summed E-state index contributed by atoms with van der Waals surface area (Å²) in [6, 6.07) is 10.9. The van der Waals surface area contributed by atoms with Gasteiger partial charge in [-0.2, -0.15) is 0 Å². The second kappa shape index (κ2) is 5.00. The van der Waals surface area contributed by atoms with Gasteiger partial charge in [0.15, 0.2) is 0 Å². The van der Waals surface area contributed by atoms with Crippen molar-refractivity contribution in [3.63, 3.8) is 0 Å². The number of nitrogen functional groups attached to an aromatic ring is 1. The molecule has 2 N–H and O–H groups in total. The van der Waals surface area contributed by atoms with Crippen molar-refractivity contribution in [2.24, 2.45) is 0 Å². The molecule has 5 heteroatoms. The van der Waals surface area contributed by atoms with Gasteiger partial charge in [-0.1, -0.05) is 35.3 Å². The zero-order valence-corrected chi connectivity index (χ0v) is 12.1. The predicted molar refractivity (Wildman–Crippen MR) is 82.2 cm³/mol. The van der Waals surface area contributed by atoms with Crippen molar-refractivity contribution in [1.29, 1.82) is 0 Å². The SMILES string of the molecule is Nc1cc(CN2C(=O)Cc3ccc(Cl)cc32)ccc1Cl. The Hall–Kier alpha value is -1.71. The number of carbonyl (C=O) groups is 1. The standard InChI is InChI=1S/C15H12Cl2N2O/c16-11-3-2-10-6-15(20)19(14(10)7-11)8-9-1-4-12(17)13(18)5-9/h1-5,7H,6,8,18H2. The highest BCUT2D eigenvalue weighted by Gasteiger charge is 2.27. The number of nitrogens with two attached hydrogens (primary N) is 1. The smallest absolute Gasteiger partial charge is 0.231 e. The molecule has 0 fully saturated rings. The van der Waals surface area contributed by atoms with Crippen molar-refractivity contribution in [3.8, 4) is 0 Å². The van der Waals surface area contributed by atoms with Gasteiger partial charge in [-0.05, 0) is 35.4 Å². The van der Waals surface area contributed by atoms with E-state index in [1.165, 1.54) is 0 Å². The number of hydrogen-bond donors (Lipinski definition) is 1. The van der Waals surface area contributed by atoms with Gasteiger partial charge in [0.05, 0.1) is 23.7 Å². The Labute approximate surface area is 126 Å². The Morgan fingerprint density at radius 1 is 1.15 bits per heavy atom. The van der Waals surface area contributed by atoms with Crippen LogP contribution >= 0.6 is 23.2 Å². The topological polar surface area (TPSA) is 46.3 Å². The van der Waals surface area contributed by atoms with Crippen LogP contribution in [0, 0.1) is 0 Å². The second-order valence-corrected chi connectivity index (χ2v) is 5.63. The molecule has 0 saturated carbocycles. The molecule has 0 aliphatic carbocycles. The molecule has 1 aliphatic rings. The number of benzene rings is 2. The van der Waals surface area contributed by atoms with Crippen molar-refractivity contribution in [3.05, 3.63) is 57.6 Å². The van der Waals surface area contributed by atoms with Gasteiger partial charge in [-0.15, -0.1) is 0 Å². The summed E-state index contributed by atoms with van der Waals surface area (Å²) in [5, 5.41) is 1.14. The summed E-state index contributed by atoms with van der Waals surface area (Å²) in [6.07, 6.45) is 0.412. The molecule has 0 spiro atoms. The molecule has 1 aliphatic heterocycles. The fourth-order valence-electron chi connectivity index (χ4n) is 2.38. The van der Waals surface area contributed by atoms with Gasteiger partial charge >= 0.3 is 0 Å². The average Bonchev–Trinajstić information content (AvgIpc) is 2.70. The Bertz CT molecular complexity index is 700. The predicted octanol–water partition coefficient (Wildman–Crippen LogP) is 3.66. The fraction of sp³-hybridized carbons (Fsp3) is 0.133. The minimum atomic E-state index is 0.0655. The van der Waals surface area contributed by atoms with E-state index in [0.717, 1.165) is 16.8 Å². The molecule has 0 saturated heterocycles. The van der Waals surface area contributed by atoms with Crippen LogP contribution in [0.15, 0.2) is 36.4 Å². The summed E-state index contributed by atoms with van der Waals surface area (Å²) in [6.45, 7) is 0.466. The van der Waals surface area contributed by atoms with E-state index < -0.39 is 0 Å². The van der Waals surface area contributed by atoms with Crippen LogP contribution in [0.2, 0.25) is 10.0 Å². The lowest BCUT2D eigenvalue weighted by Crippen LogP contribution is -2.26. The molecular weight excluding hydrogens is 295 g/mol. The first-order valence-corrected chi connectivity index (χ1v) is 6.93. The zero-order valence-electron chi connectivity index (χ0n) is 10.6. The third-order valence-electron chi connectivity index (χ3n) is 3.38. The number of amides is 1. The molecule has 0 bridgehead atoms. The Morgan fingerprint density at radius 3 is 2.70 bits per heavy atom. The average molecular weight is 307 g/mol. The Morgan fingerprint density at radius 2 is 1.95 bits per heavy atom. The molecule has 0 unspecified atom stereocenters. The van der Waals surface area contributed by atoms with E-state index in [-0.39, 0.29) is 5.91 Å². The molecule has 0 aromatic heterocycles. The van der Waals surface area contributed by atoms with Crippen LogP contribution in [0.4, 0.5) is 11.4 Å². The molecule has 102 valence electrons. The molecule has 1 heterocycles. The number of nitrogens with zero attached hydrogens (tertiary/aromatic N) is 1. The maximum atomic E-state index is 12.1. The summed E-state index contributed by atoms with van der Waals surface area (Å²) in [7, 11) is 0. The Kier molecular flexibility index (Phi) is 3.32. The molecule has 2 aromatic carbocycles. The minimum Gasteiger partial charge on any atom is -0.398 e. The molecule has 1 amide bonds. The summed E-state index contributed by atoms with van der Waals surface area (Å²) in [5.74, 6) is 0.0655. The quantitative estimate of drug-likeness (QED) is 0.861. The molecular formula is C15H12Cl2N2O. The summed E-state index contributed by atoms with van der Waals surface area (Å²) in [4.78, 5) is 13.9. The summed E-state index contributed by atoms with van der Waals surface area (Å²) in [5.41, 5.74) is 9.12. The van der Waals surface area contributed by atoms with E-state index in [2.05, 4.69) is 0 Å². The first-order valence-electron chi connectivity index (χ1n) is 6.17. The van der Waals surface area contributed by atoms with Crippen LogP contribution in [0.1, 0.15) is 11.1 Å². The number of halogens is 2. The van der Waals surface area contributed by atoms with Crippen molar-refractivity contribution in [2.45, 2.75) is 13.0 Å². The van der Waals surface area contributed by atoms with Gasteiger partial charge in [0, 0.05) is 10.7 Å². The molecule has 0 radical (unpaired) electrons. The van der Waals surface area contributed by atoms with Gasteiger partial charge in [0.2, 0.25) is 5.91 Å². The highest BCUT2D eigenvalue weighted by Crippen LogP contribution is 2.33. The lowest BCUT2D eigenvalue weighted by molar-refractivity contribution is -0.117. The highest BCUT2D eigenvalue weighted by molar-refractivity contribution is 6.33. The molecule has 20 heavy (non-hydrogen) atoms. The lowest BCUT2D eigenvalue weighted by Gasteiger charge is -2.18. The van der Waals surface area contributed by atoms with Crippen molar-refractivity contribution in [1.82, 2.24) is 0 Å². The first-order chi connectivity index (χ1) is 9.54. The molecule has 0 atom stereocenters. The van der Waals surface area contributed by atoms with Crippen LogP contribution in [0.3, 0.4) is 0 Å². The molecule has 3 nitrogen and oxygen atoms in total. The normalized spacial score (nSPS) is 13.7. The number of carbonyl (C=O) groups excluding carboxylic acids is 1. The van der Waals surface area contributed by atoms with E-state index in [1.807, 2.05) is 18.2 Å². The highest BCUT2D eigenvalue weighted by atomic mass is 35.5. The monoisotopic (exact) mass is 306 g/mol. The zero-order chi connectivity index (χ0) is 14.3. The number of rotatable bonds is 2. The summed E-state index contributed by atoms with van der Waals surface area (Å²) >= 11 is 11.9. The van der Waals surface area contributed by atoms with Crippen LogP contribution in [-0.2, 0) is 17.8 Å². The maximum Gasteiger partial charge on any atom is 0.231 e. The van der Waals surface area contributed by atoms with E-state index in [0.29, 0.717) is 28.7 Å². The number of anilines is 2. The van der Waals surface area contributed by atoms with Crippen LogP contribution in [0.5, 0.6) is 0 Å². The first kappa shape index (κ1) is 13.3. The van der Waals surface area contributed by atoms with Gasteiger partial charge in [0.1, 0.15) is 0 Å². The maximum absolute atomic E-state index is 12.1. The Balaban J connectivity index is 1.93. The molecule has 2 aromatic rings. The van der Waals surface area contributed by atoms with Gasteiger partial charge < -0.3 is 10.6 Å². The number of hydrogen-bond acceptors (Lipinski definition) is 2. The largest absolute Gasteiger partial charge is 0.398 e. The van der Waals surface area contributed by atoms with Gasteiger partial charge in [-0.25, -0.2) is 0 Å². The van der Waals surface area contributed by atoms with Crippen molar-refractivity contribution in [2.75, 3.05) is 10.6 Å². The van der Waals surface area contributed by atoms with Crippen LogP contribution in [-0.4, -0.2) is 5.91 Å². The minimum absolute atomic E-state index is 0.0655. The molecule has 3 rings (SSSR count). The van der Waals surface area contributed by atoms with E-state index in [1.54, 1.807) is 23.1 Å². The number of fused-ring (bicyclic) bond motifs is 1. The van der Waals surface area contributed by atoms with Crippen LogP contribution < -0.4 is 10.6 Å². The van der Waals surface area contributed by atoms with Crippen molar-refractivity contribution >= 4 is 40.5 Å². The second-order valence-electron chi connectivity index (χ2n) is 4.79. The lowest BCUT2D eigenvalue weighted by atomic mass is 10.1. The van der Waals surface area contributed by atoms with Crippen LogP contribution in [0.25, 0.3) is 0 Å². The fourth-order valence-corrected chi connectivity index (χ4v) is 2.66. The van der Waals surface area contributed by atoms with Gasteiger partial charge in [0.25, 0.3) is 0 Å². The van der Waals surface area contributed by atoms with E-state index >= 15 is 0 Å². The van der Waals surface area contributed by atoms with E-state index in [9.17, 15) is 4.79 Å². The third kappa shape index (κ3) is 2.35. The van der Waals surface area contributed by atoms with Gasteiger partial charge in [-0.3, -0.25) is 4.79 Å². The third-order valence-corrected chi connectivity index (χ3v) is 3.96. The van der Waals surface area contributed by atoms with E-state index in [4.69, 9.17) is 28.9 Å².